The van der Waals surface area contributed by atoms with E-state index in [9.17, 15) is 13.2 Å². The molecule has 0 spiro atoms. The van der Waals surface area contributed by atoms with Gasteiger partial charge in [0.25, 0.3) is 0 Å². The Labute approximate surface area is 127 Å². The summed E-state index contributed by atoms with van der Waals surface area (Å²) in [7, 11) is 1.49. The first kappa shape index (κ1) is 17.6. The van der Waals surface area contributed by atoms with Crippen molar-refractivity contribution >= 4 is 23.2 Å². The molecule has 0 radical (unpaired) electrons. The van der Waals surface area contributed by atoms with E-state index in [1.54, 1.807) is 6.07 Å². The van der Waals surface area contributed by atoms with E-state index in [1.165, 1.54) is 7.11 Å². The van der Waals surface area contributed by atoms with Crippen LogP contribution >= 0.6 is 12.4 Å². The first-order chi connectivity index (χ1) is 9.42. The molecule has 0 saturated carbocycles. The molecule has 0 fully saturated rings. The van der Waals surface area contributed by atoms with Crippen molar-refractivity contribution in [3.63, 3.8) is 0 Å². The molecule has 6 heteroatoms. The Bertz CT molecular complexity index is 601. The zero-order valence-corrected chi connectivity index (χ0v) is 12.3. The van der Waals surface area contributed by atoms with Crippen LogP contribution in [0.4, 0.5) is 13.2 Å². The highest BCUT2D eigenvalue weighted by molar-refractivity contribution is 5.88. The molecule has 2 N–H and O–H groups in total. The molecule has 21 heavy (non-hydrogen) atoms. The van der Waals surface area contributed by atoms with Gasteiger partial charge >= 0.3 is 6.18 Å². The average molecular weight is 320 g/mol. The lowest BCUT2D eigenvalue weighted by atomic mass is 9.95. The van der Waals surface area contributed by atoms with E-state index in [2.05, 4.69) is 0 Å². The number of halogens is 4. The predicted octanol–water partition coefficient (Wildman–Crippen LogP) is 4.61. The first-order valence-electron chi connectivity index (χ1n) is 6.30. The lowest BCUT2D eigenvalue weighted by Gasteiger charge is -2.19. The Morgan fingerprint density at radius 2 is 1.81 bits per heavy atom. The normalized spacial score (nSPS) is 12.8. The lowest BCUT2D eigenvalue weighted by molar-refractivity contribution is -0.136. The molecule has 116 valence electrons. The second kappa shape index (κ2) is 7.00. The van der Waals surface area contributed by atoms with Crippen LogP contribution in [0.3, 0.4) is 0 Å². The largest absolute Gasteiger partial charge is 0.496 e. The predicted molar refractivity (Wildman–Crippen MR) is 80.0 cm³/mol. The molecule has 0 saturated heterocycles. The second-order valence-electron chi connectivity index (χ2n) is 4.66. The van der Waals surface area contributed by atoms with Crippen LogP contribution in [0.2, 0.25) is 0 Å². The Hall–Kier alpha value is -1.46. The molecule has 0 aromatic heterocycles. The molecule has 0 aliphatic heterocycles. The third kappa shape index (κ3) is 4.25. The minimum Gasteiger partial charge on any atom is -0.496 e. The second-order valence-corrected chi connectivity index (χ2v) is 4.66. The van der Waals surface area contributed by atoms with Gasteiger partial charge in [-0.15, -0.1) is 12.4 Å². The van der Waals surface area contributed by atoms with E-state index >= 15 is 0 Å². The van der Waals surface area contributed by atoms with Gasteiger partial charge in [-0.2, -0.15) is 13.2 Å². The molecule has 2 nitrogen and oxygen atoms in total. The quantitative estimate of drug-likeness (QED) is 0.893. The van der Waals surface area contributed by atoms with Crippen molar-refractivity contribution in [1.82, 2.24) is 0 Å². The van der Waals surface area contributed by atoms with Crippen LogP contribution in [0.1, 0.15) is 24.4 Å². The summed E-state index contributed by atoms with van der Waals surface area (Å²) in [6.07, 6.45) is -5.26. The number of alkyl halides is 3. The van der Waals surface area contributed by atoms with Gasteiger partial charge in [0.15, 0.2) is 0 Å². The fourth-order valence-corrected chi connectivity index (χ4v) is 2.30. The molecule has 1 atom stereocenters. The first-order valence-corrected chi connectivity index (χ1v) is 6.30. The van der Waals surface area contributed by atoms with Crippen LogP contribution in [-0.4, -0.2) is 13.3 Å². The Morgan fingerprint density at radius 1 is 1.14 bits per heavy atom. The third-order valence-electron chi connectivity index (χ3n) is 3.26. The summed E-state index contributed by atoms with van der Waals surface area (Å²) in [5.41, 5.74) is 6.60. The van der Waals surface area contributed by atoms with E-state index in [4.69, 9.17) is 10.5 Å². The average Bonchev–Trinajstić information content (AvgIpc) is 2.42. The standard InChI is InChI=1S/C15H16F3NO.ClH/c1-20-13-7-6-10-4-2-3-5-11(10)14(13)12(19)8-9-15(16,17)18;/h2-7,12H,8-9,19H2,1H3;1H/t12-;/m0./s1. The van der Waals surface area contributed by atoms with Gasteiger partial charge in [0.1, 0.15) is 5.75 Å². The van der Waals surface area contributed by atoms with Crippen molar-refractivity contribution in [3.05, 3.63) is 42.0 Å². The minimum atomic E-state index is -4.20. The van der Waals surface area contributed by atoms with E-state index in [0.717, 1.165) is 10.8 Å². The summed E-state index contributed by atoms with van der Waals surface area (Å²) >= 11 is 0. The summed E-state index contributed by atoms with van der Waals surface area (Å²) in [5, 5.41) is 1.77. The number of nitrogens with two attached hydrogens (primary N) is 1. The highest BCUT2D eigenvalue weighted by Crippen LogP contribution is 2.35. The Kier molecular flexibility index (Phi) is 5.87. The van der Waals surface area contributed by atoms with Gasteiger partial charge in [0, 0.05) is 18.0 Å². The molecule has 0 aliphatic rings. The smallest absolute Gasteiger partial charge is 0.389 e. The van der Waals surface area contributed by atoms with Crippen molar-refractivity contribution in [2.45, 2.75) is 25.1 Å². The monoisotopic (exact) mass is 319 g/mol. The van der Waals surface area contributed by atoms with Crippen molar-refractivity contribution in [1.29, 1.82) is 0 Å². The van der Waals surface area contributed by atoms with Crippen molar-refractivity contribution in [2.75, 3.05) is 7.11 Å². The summed E-state index contributed by atoms with van der Waals surface area (Å²) in [6, 6.07) is 10.4. The molecule has 2 aromatic rings. The number of hydrogen-bond acceptors (Lipinski definition) is 2. The maximum absolute atomic E-state index is 12.3. The molecule has 0 unspecified atom stereocenters. The number of hydrogen-bond donors (Lipinski definition) is 1. The third-order valence-corrected chi connectivity index (χ3v) is 3.26. The number of methoxy groups -OCH3 is 1. The molecule has 2 rings (SSSR count). The SMILES string of the molecule is COc1ccc2ccccc2c1[C@@H](N)CCC(F)(F)F.Cl. The van der Waals surface area contributed by atoms with Crippen LogP contribution in [0.5, 0.6) is 5.75 Å². The van der Waals surface area contributed by atoms with Crippen LogP contribution in [-0.2, 0) is 0 Å². The highest BCUT2D eigenvalue weighted by atomic mass is 35.5. The van der Waals surface area contributed by atoms with E-state index < -0.39 is 18.6 Å². The van der Waals surface area contributed by atoms with Gasteiger partial charge < -0.3 is 10.5 Å². The van der Waals surface area contributed by atoms with Gasteiger partial charge in [-0.1, -0.05) is 30.3 Å². The van der Waals surface area contributed by atoms with Crippen LogP contribution in [0.25, 0.3) is 10.8 Å². The summed E-state index contributed by atoms with van der Waals surface area (Å²) in [4.78, 5) is 0. The van der Waals surface area contributed by atoms with Gasteiger partial charge in [-0.05, 0) is 23.3 Å². The van der Waals surface area contributed by atoms with E-state index in [0.29, 0.717) is 11.3 Å². The lowest BCUT2D eigenvalue weighted by Crippen LogP contribution is -2.16. The number of ether oxygens (including phenoxy) is 1. The summed E-state index contributed by atoms with van der Waals surface area (Å²) in [5.74, 6) is 0.526. The topological polar surface area (TPSA) is 35.2 Å². The van der Waals surface area contributed by atoms with E-state index in [-0.39, 0.29) is 18.8 Å². The number of rotatable bonds is 4. The Morgan fingerprint density at radius 3 is 2.43 bits per heavy atom. The highest BCUT2D eigenvalue weighted by Gasteiger charge is 2.28. The van der Waals surface area contributed by atoms with Crippen molar-refractivity contribution < 1.29 is 17.9 Å². The number of fused-ring (bicyclic) bond motifs is 1. The van der Waals surface area contributed by atoms with E-state index in [1.807, 2.05) is 30.3 Å². The molecule has 0 heterocycles. The van der Waals surface area contributed by atoms with Crippen LogP contribution in [0.15, 0.2) is 36.4 Å². The van der Waals surface area contributed by atoms with Gasteiger partial charge in [-0.3, -0.25) is 0 Å². The molecule has 0 bridgehead atoms. The van der Waals surface area contributed by atoms with Crippen LogP contribution in [0, 0.1) is 0 Å². The fourth-order valence-electron chi connectivity index (χ4n) is 2.30. The fraction of sp³-hybridized carbons (Fsp3) is 0.333. The summed E-state index contributed by atoms with van der Waals surface area (Å²) in [6.45, 7) is 0. The maximum atomic E-state index is 12.3. The molecule has 0 aliphatic carbocycles. The van der Waals surface area contributed by atoms with Crippen molar-refractivity contribution in [3.8, 4) is 5.75 Å². The number of benzene rings is 2. The molecular weight excluding hydrogens is 303 g/mol. The van der Waals surface area contributed by atoms with Gasteiger partial charge in [0.2, 0.25) is 0 Å². The molecule has 0 amide bonds. The van der Waals surface area contributed by atoms with Gasteiger partial charge in [-0.25, -0.2) is 0 Å². The minimum absolute atomic E-state index is 0. The molecule has 2 aromatic carbocycles. The summed E-state index contributed by atoms with van der Waals surface area (Å²) < 4.78 is 42.3. The Balaban J connectivity index is 0.00000220. The van der Waals surface area contributed by atoms with Crippen molar-refractivity contribution in [2.24, 2.45) is 5.73 Å². The van der Waals surface area contributed by atoms with Gasteiger partial charge in [0.05, 0.1) is 7.11 Å². The maximum Gasteiger partial charge on any atom is 0.389 e. The zero-order valence-electron chi connectivity index (χ0n) is 11.5. The zero-order chi connectivity index (χ0) is 14.8. The molecular formula is C15H17ClF3NO. The van der Waals surface area contributed by atoms with Crippen LogP contribution < -0.4 is 10.5 Å².